The Morgan fingerprint density at radius 2 is 2.25 bits per heavy atom. The van der Waals surface area contributed by atoms with E-state index in [4.69, 9.17) is 0 Å². The summed E-state index contributed by atoms with van der Waals surface area (Å²) in [7, 11) is 0. The average Bonchev–Trinajstić information content (AvgIpc) is 2.52. The number of nitrogens with one attached hydrogen (secondary N) is 1. The topological polar surface area (TPSA) is 12.0 Å². The fourth-order valence-electron chi connectivity index (χ4n) is 1.83. The molecule has 0 spiro atoms. The van der Waals surface area contributed by atoms with Gasteiger partial charge in [-0.3, -0.25) is 0 Å². The zero-order chi connectivity index (χ0) is 8.97. The first kappa shape index (κ1) is 10.4. The third kappa shape index (κ3) is 2.98. The lowest BCUT2D eigenvalue weighted by atomic mass is 10.2. The standard InChI is InChI=1S/C10H21NS/c1-4-8(2)11-9-5-6-10(7-9)12-3/h8-11H,4-7H2,1-3H3. The van der Waals surface area contributed by atoms with E-state index in [1.54, 1.807) is 0 Å². The van der Waals surface area contributed by atoms with Gasteiger partial charge in [-0.25, -0.2) is 0 Å². The largest absolute Gasteiger partial charge is 0.311 e. The van der Waals surface area contributed by atoms with Crippen LogP contribution in [0.1, 0.15) is 39.5 Å². The molecule has 1 aliphatic rings. The monoisotopic (exact) mass is 187 g/mol. The van der Waals surface area contributed by atoms with Gasteiger partial charge in [0, 0.05) is 17.3 Å². The predicted molar refractivity (Wildman–Crippen MR) is 57.8 cm³/mol. The molecule has 0 radical (unpaired) electrons. The number of thioether (sulfide) groups is 1. The normalized spacial score (nSPS) is 32.2. The van der Waals surface area contributed by atoms with Crippen molar-refractivity contribution in [2.75, 3.05) is 6.26 Å². The van der Waals surface area contributed by atoms with Crippen molar-refractivity contribution in [2.45, 2.75) is 56.9 Å². The van der Waals surface area contributed by atoms with Crippen LogP contribution in [0.4, 0.5) is 0 Å². The summed E-state index contributed by atoms with van der Waals surface area (Å²) >= 11 is 2.03. The maximum atomic E-state index is 3.68. The van der Waals surface area contributed by atoms with Crippen LogP contribution in [-0.4, -0.2) is 23.6 Å². The van der Waals surface area contributed by atoms with Crippen molar-refractivity contribution in [3.63, 3.8) is 0 Å². The summed E-state index contributed by atoms with van der Waals surface area (Å²) in [6, 6.07) is 1.51. The summed E-state index contributed by atoms with van der Waals surface area (Å²) in [5.74, 6) is 0. The van der Waals surface area contributed by atoms with E-state index >= 15 is 0 Å². The Morgan fingerprint density at radius 1 is 1.50 bits per heavy atom. The Bertz CT molecular complexity index is 127. The fraction of sp³-hybridized carbons (Fsp3) is 1.00. The van der Waals surface area contributed by atoms with Crippen molar-refractivity contribution in [1.82, 2.24) is 5.32 Å². The molecular formula is C10H21NS. The van der Waals surface area contributed by atoms with Crippen LogP contribution in [0.2, 0.25) is 0 Å². The first-order valence-electron chi connectivity index (χ1n) is 5.05. The molecule has 1 fully saturated rings. The molecule has 0 amide bonds. The smallest absolute Gasteiger partial charge is 0.00804 e. The molecule has 2 heteroatoms. The quantitative estimate of drug-likeness (QED) is 0.726. The molecule has 12 heavy (non-hydrogen) atoms. The third-order valence-electron chi connectivity index (χ3n) is 2.85. The van der Waals surface area contributed by atoms with E-state index in [-0.39, 0.29) is 0 Å². The van der Waals surface area contributed by atoms with Gasteiger partial charge < -0.3 is 5.32 Å². The lowest BCUT2D eigenvalue weighted by Crippen LogP contribution is -2.34. The second-order valence-corrected chi connectivity index (χ2v) is 4.98. The van der Waals surface area contributed by atoms with E-state index in [1.165, 1.54) is 25.7 Å². The second-order valence-electron chi connectivity index (χ2n) is 3.84. The molecular weight excluding hydrogens is 166 g/mol. The molecule has 3 unspecified atom stereocenters. The van der Waals surface area contributed by atoms with Gasteiger partial charge in [-0.05, 0) is 38.9 Å². The van der Waals surface area contributed by atoms with Crippen molar-refractivity contribution < 1.29 is 0 Å². The molecule has 1 aliphatic carbocycles. The number of rotatable bonds is 4. The van der Waals surface area contributed by atoms with Crippen LogP contribution in [0.3, 0.4) is 0 Å². The van der Waals surface area contributed by atoms with E-state index in [0.29, 0.717) is 6.04 Å². The number of hydrogen-bond donors (Lipinski definition) is 1. The third-order valence-corrected chi connectivity index (χ3v) is 3.95. The van der Waals surface area contributed by atoms with Crippen molar-refractivity contribution >= 4 is 11.8 Å². The lowest BCUT2D eigenvalue weighted by molar-refractivity contribution is 0.442. The molecule has 1 N–H and O–H groups in total. The van der Waals surface area contributed by atoms with Crippen molar-refractivity contribution in [3.05, 3.63) is 0 Å². The molecule has 0 aromatic rings. The highest BCUT2D eigenvalue weighted by molar-refractivity contribution is 7.99. The first-order chi connectivity index (χ1) is 5.76. The minimum absolute atomic E-state index is 0.704. The van der Waals surface area contributed by atoms with E-state index in [1.807, 2.05) is 11.8 Å². The summed E-state index contributed by atoms with van der Waals surface area (Å²) in [6.45, 7) is 4.53. The molecule has 1 rings (SSSR count). The van der Waals surface area contributed by atoms with Crippen LogP contribution in [0.25, 0.3) is 0 Å². The van der Waals surface area contributed by atoms with Crippen LogP contribution in [0, 0.1) is 0 Å². The van der Waals surface area contributed by atoms with Gasteiger partial charge in [0.15, 0.2) is 0 Å². The highest BCUT2D eigenvalue weighted by atomic mass is 32.2. The van der Waals surface area contributed by atoms with E-state index in [2.05, 4.69) is 25.4 Å². The first-order valence-corrected chi connectivity index (χ1v) is 6.33. The van der Waals surface area contributed by atoms with Gasteiger partial charge in [-0.15, -0.1) is 0 Å². The number of hydrogen-bond acceptors (Lipinski definition) is 2. The molecule has 0 aromatic carbocycles. The molecule has 0 aliphatic heterocycles. The van der Waals surface area contributed by atoms with Gasteiger partial charge in [0.1, 0.15) is 0 Å². The highest BCUT2D eigenvalue weighted by Gasteiger charge is 2.24. The molecule has 1 nitrogen and oxygen atoms in total. The van der Waals surface area contributed by atoms with Gasteiger partial charge in [0.2, 0.25) is 0 Å². The minimum atomic E-state index is 0.704. The average molecular weight is 187 g/mol. The Labute approximate surface area is 80.7 Å². The van der Waals surface area contributed by atoms with Crippen LogP contribution < -0.4 is 5.32 Å². The lowest BCUT2D eigenvalue weighted by Gasteiger charge is -2.17. The molecule has 0 heterocycles. The van der Waals surface area contributed by atoms with Crippen molar-refractivity contribution in [3.8, 4) is 0 Å². The SMILES string of the molecule is CCC(C)NC1CCC(SC)C1. The van der Waals surface area contributed by atoms with Crippen LogP contribution in [-0.2, 0) is 0 Å². The van der Waals surface area contributed by atoms with Gasteiger partial charge >= 0.3 is 0 Å². The summed E-state index contributed by atoms with van der Waals surface area (Å²) < 4.78 is 0. The van der Waals surface area contributed by atoms with Gasteiger partial charge in [0.25, 0.3) is 0 Å². The molecule has 0 saturated heterocycles. The molecule has 1 saturated carbocycles. The maximum Gasteiger partial charge on any atom is 0.00804 e. The molecule has 0 bridgehead atoms. The fourth-order valence-corrected chi connectivity index (χ4v) is 2.62. The molecule has 72 valence electrons. The van der Waals surface area contributed by atoms with Gasteiger partial charge in [-0.2, -0.15) is 11.8 Å². The molecule has 3 atom stereocenters. The van der Waals surface area contributed by atoms with Gasteiger partial charge in [-0.1, -0.05) is 6.92 Å². The van der Waals surface area contributed by atoms with E-state index in [0.717, 1.165) is 11.3 Å². The summed E-state index contributed by atoms with van der Waals surface area (Å²) in [4.78, 5) is 0. The Hall–Kier alpha value is 0.310. The van der Waals surface area contributed by atoms with Crippen LogP contribution in [0.15, 0.2) is 0 Å². The van der Waals surface area contributed by atoms with E-state index < -0.39 is 0 Å². The highest BCUT2D eigenvalue weighted by Crippen LogP contribution is 2.28. The van der Waals surface area contributed by atoms with Gasteiger partial charge in [0.05, 0.1) is 0 Å². The summed E-state index contributed by atoms with van der Waals surface area (Å²) in [5, 5.41) is 4.60. The zero-order valence-electron chi connectivity index (χ0n) is 8.47. The second kappa shape index (κ2) is 5.13. The zero-order valence-corrected chi connectivity index (χ0v) is 9.29. The Kier molecular flexibility index (Phi) is 4.44. The van der Waals surface area contributed by atoms with Crippen LogP contribution in [0.5, 0.6) is 0 Å². The summed E-state index contributed by atoms with van der Waals surface area (Å²) in [5.41, 5.74) is 0. The van der Waals surface area contributed by atoms with Crippen molar-refractivity contribution in [2.24, 2.45) is 0 Å². The maximum absolute atomic E-state index is 3.68. The predicted octanol–water partition coefficient (Wildman–Crippen LogP) is 2.66. The van der Waals surface area contributed by atoms with Crippen molar-refractivity contribution in [1.29, 1.82) is 0 Å². The Balaban J connectivity index is 2.18. The Morgan fingerprint density at radius 3 is 2.75 bits per heavy atom. The minimum Gasteiger partial charge on any atom is -0.311 e. The summed E-state index contributed by atoms with van der Waals surface area (Å²) in [6.07, 6.45) is 7.66. The van der Waals surface area contributed by atoms with E-state index in [9.17, 15) is 0 Å². The molecule has 0 aromatic heterocycles. The van der Waals surface area contributed by atoms with Crippen LogP contribution >= 0.6 is 11.8 Å².